The SMILES string of the molecule is COc1ccc(N)c2cc(-c3ncc(C)[nH]3)[nH]c12. The number of fused-ring (bicyclic) bond motifs is 1. The van der Waals surface area contributed by atoms with Gasteiger partial charge in [0.1, 0.15) is 5.75 Å². The zero-order valence-corrected chi connectivity index (χ0v) is 10.2. The van der Waals surface area contributed by atoms with Crippen molar-refractivity contribution in [3.63, 3.8) is 0 Å². The molecule has 92 valence electrons. The van der Waals surface area contributed by atoms with Crippen LogP contribution >= 0.6 is 0 Å². The van der Waals surface area contributed by atoms with E-state index >= 15 is 0 Å². The van der Waals surface area contributed by atoms with E-state index in [2.05, 4.69) is 15.0 Å². The molecule has 0 aliphatic carbocycles. The van der Waals surface area contributed by atoms with Gasteiger partial charge in [0.2, 0.25) is 0 Å². The number of aryl methyl sites for hydroxylation is 1. The van der Waals surface area contributed by atoms with Crippen molar-refractivity contribution in [2.45, 2.75) is 6.92 Å². The van der Waals surface area contributed by atoms with Crippen molar-refractivity contribution in [2.24, 2.45) is 0 Å². The Labute approximate surface area is 104 Å². The number of imidazole rings is 1. The van der Waals surface area contributed by atoms with E-state index in [1.54, 1.807) is 13.3 Å². The van der Waals surface area contributed by atoms with Gasteiger partial charge in [0.25, 0.3) is 0 Å². The molecule has 3 rings (SSSR count). The molecule has 0 fully saturated rings. The molecule has 2 heterocycles. The molecule has 18 heavy (non-hydrogen) atoms. The normalized spacial score (nSPS) is 11.0. The number of H-pyrrole nitrogens is 2. The molecule has 0 unspecified atom stereocenters. The molecule has 1 aromatic carbocycles. The van der Waals surface area contributed by atoms with Crippen molar-refractivity contribution in [1.29, 1.82) is 0 Å². The van der Waals surface area contributed by atoms with Crippen LogP contribution in [0, 0.1) is 6.92 Å². The minimum atomic E-state index is 0.719. The molecule has 0 aliphatic rings. The molecule has 3 aromatic rings. The van der Waals surface area contributed by atoms with Crippen molar-refractivity contribution in [3.8, 4) is 17.3 Å². The van der Waals surface area contributed by atoms with Crippen LogP contribution in [0.4, 0.5) is 5.69 Å². The van der Waals surface area contributed by atoms with Gasteiger partial charge in [-0.05, 0) is 25.1 Å². The highest BCUT2D eigenvalue weighted by atomic mass is 16.5. The number of hydrogen-bond donors (Lipinski definition) is 3. The first kappa shape index (κ1) is 10.7. The molecule has 0 spiro atoms. The van der Waals surface area contributed by atoms with E-state index in [0.717, 1.165) is 39.6 Å². The third kappa shape index (κ3) is 1.52. The van der Waals surface area contributed by atoms with E-state index in [4.69, 9.17) is 10.5 Å². The highest BCUT2D eigenvalue weighted by molar-refractivity contribution is 5.97. The van der Waals surface area contributed by atoms with Gasteiger partial charge in [0, 0.05) is 23.0 Å². The van der Waals surface area contributed by atoms with Gasteiger partial charge < -0.3 is 20.4 Å². The Bertz CT molecular complexity index is 711. The van der Waals surface area contributed by atoms with E-state index in [1.807, 2.05) is 25.1 Å². The first-order chi connectivity index (χ1) is 8.69. The molecule has 4 N–H and O–H groups in total. The van der Waals surface area contributed by atoms with E-state index in [-0.39, 0.29) is 0 Å². The first-order valence-electron chi connectivity index (χ1n) is 5.66. The Balaban J connectivity index is 2.24. The molecule has 5 nitrogen and oxygen atoms in total. The lowest BCUT2D eigenvalue weighted by molar-refractivity contribution is 0.419. The Morgan fingerprint density at radius 3 is 2.78 bits per heavy atom. The second-order valence-corrected chi connectivity index (χ2v) is 4.24. The summed E-state index contributed by atoms with van der Waals surface area (Å²) in [5.74, 6) is 1.57. The monoisotopic (exact) mass is 242 g/mol. The predicted molar refractivity (Wildman–Crippen MR) is 71.6 cm³/mol. The highest BCUT2D eigenvalue weighted by Crippen LogP contribution is 2.32. The maximum atomic E-state index is 5.97. The fraction of sp³-hybridized carbons (Fsp3) is 0.154. The Hall–Kier alpha value is -2.43. The van der Waals surface area contributed by atoms with Gasteiger partial charge in [-0.3, -0.25) is 0 Å². The van der Waals surface area contributed by atoms with Crippen LogP contribution in [0.2, 0.25) is 0 Å². The molecule has 0 amide bonds. The van der Waals surface area contributed by atoms with E-state index in [9.17, 15) is 0 Å². The lowest BCUT2D eigenvalue weighted by Crippen LogP contribution is -1.88. The summed E-state index contributed by atoms with van der Waals surface area (Å²) in [5, 5.41) is 0.943. The van der Waals surface area contributed by atoms with Gasteiger partial charge in [0.15, 0.2) is 5.82 Å². The number of anilines is 1. The van der Waals surface area contributed by atoms with Crippen LogP contribution in [0.5, 0.6) is 5.75 Å². The zero-order chi connectivity index (χ0) is 12.7. The summed E-state index contributed by atoms with van der Waals surface area (Å²) < 4.78 is 5.32. The Morgan fingerprint density at radius 1 is 1.28 bits per heavy atom. The molecule has 0 aliphatic heterocycles. The predicted octanol–water partition coefficient (Wildman–Crippen LogP) is 2.46. The van der Waals surface area contributed by atoms with Crippen LogP contribution in [-0.4, -0.2) is 22.1 Å². The summed E-state index contributed by atoms with van der Waals surface area (Å²) in [6.45, 7) is 1.97. The molecule has 2 aromatic heterocycles. The summed E-state index contributed by atoms with van der Waals surface area (Å²) in [6.07, 6.45) is 1.79. The first-order valence-corrected chi connectivity index (χ1v) is 5.66. The van der Waals surface area contributed by atoms with Crippen LogP contribution in [-0.2, 0) is 0 Å². The number of nitrogens with one attached hydrogen (secondary N) is 2. The number of benzene rings is 1. The van der Waals surface area contributed by atoms with Crippen LogP contribution in [0.1, 0.15) is 5.69 Å². The minimum Gasteiger partial charge on any atom is -0.495 e. The van der Waals surface area contributed by atoms with Gasteiger partial charge in [-0.25, -0.2) is 4.98 Å². The lowest BCUT2D eigenvalue weighted by atomic mass is 10.2. The molecule has 0 saturated carbocycles. The number of rotatable bonds is 2. The van der Waals surface area contributed by atoms with Gasteiger partial charge >= 0.3 is 0 Å². The van der Waals surface area contributed by atoms with Gasteiger partial charge in [0.05, 0.1) is 18.3 Å². The second kappa shape index (κ2) is 3.80. The fourth-order valence-corrected chi connectivity index (χ4v) is 2.06. The van der Waals surface area contributed by atoms with Crippen molar-refractivity contribution < 1.29 is 4.74 Å². The average Bonchev–Trinajstić information content (AvgIpc) is 2.96. The Kier molecular flexibility index (Phi) is 2.26. The summed E-state index contributed by atoms with van der Waals surface area (Å²) in [4.78, 5) is 10.8. The maximum Gasteiger partial charge on any atom is 0.154 e. The molecule has 0 atom stereocenters. The summed E-state index contributed by atoms with van der Waals surface area (Å²) in [7, 11) is 1.64. The number of hydrogen-bond acceptors (Lipinski definition) is 3. The van der Waals surface area contributed by atoms with E-state index in [0.29, 0.717) is 0 Å². The summed E-state index contributed by atoms with van der Waals surface area (Å²) in [6, 6.07) is 5.67. The molecule has 0 bridgehead atoms. The number of nitrogen functional groups attached to an aromatic ring is 1. The minimum absolute atomic E-state index is 0.719. The average molecular weight is 242 g/mol. The van der Waals surface area contributed by atoms with Crippen LogP contribution in [0.15, 0.2) is 24.4 Å². The fourth-order valence-electron chi connectivity index (χ4n) is 2.06. The smallest absolute Gasteiger partial charge is 0.154 e. The standard InChI is InChI=1S/C13H14N4O/c1-7-6-15-13(16-7)10-5-8-9(14)3-4-11(18-2)12(8)17-10/h3-6,17H,14H2,1-2H3,(H,15,16). The van der Waals surface area contributed by atoms with E-state index < -0.39 is 0 Å². The molecule has 0 saturated heterocycles. The van der Waals surface area contributed by atoms with Crippen LogP contribution < -0.4 is 10.5 Å². The molecule has 5 heteroatoms. The van der Waals surface area contributed by atoms with Crippen molar-refractivity contribution in [1.82, 2.24) is 15.0 Å². The quantitative estimate of drug-likeness (QED) is 0.604. The second-order valence-electron chi connectivity index (χ2n) is 4.24. The van der Waals surface area contributed by atoms with Gasteiger partial charge in [-0.2, -0.15) is 0 Å². The highest BCUT2D eigenvalue weighted by Gasteiger charge is 2.11. The third-order valence-corrected chi connectivity index (χ3v) is 2.97. The number of aromatic amines is 2. The van der Waals surface area contributed by atoms with Crippen LogP contribution in [0.25, 0.3) is 22.4 Å². The van der Waals surface area contributed by atoms with Crippen LogP contribution in [0.3, 0.4) is 0 Å². The maximum absolute atomic E-state index is 5.97. The molecular weight excluding hydrogens is 228 g/mol. The van der Waals surface area contributed by atoms with Gasteiger partial charge in [-0.15, -0.1) is 0 Å². The number of nitrogens with zero attached hydrogens (tertiary/aromatic N) is 1. The zero-order valence-electron chi connectivity index (χ0n) is 10.2. The molecular formula is C13H14N4O. The third-order valence-electron chi connectivity index (χ3n) is 2.97. The Morgan fingerprint density at radius 2 is 2.11 bits per heavy atom. The topological polar surface area (TPSA) is 79.7 Å². The summed E-state index contributed by atoms with van der Waals surface area (Å²) in [5.41, 5.74) is 9.49. The molecule has 0 radical (unpaired) electrons. The van der Waals surface area contributed by atoms with Gasteiger partial charge in [-0.1, -0.05) is 0 Å². The van der Waals surface area contributed by atoms with E-state index in [1.165, 1.54) is 0 Å². The lowest BCUT2D eigenvalue weighted by Gasteiger charge is -2.02. The number of nitrogens with two attached hydrogens (primary N) is 1. The largest absolute Gasteiger partial charge is 0.495 e. The van der Waals surface area contributed by atoms with Crippen molar-refractivity contribution >= 4 is 16.6 Å². The summed E-state index contributed by atoms with van der Waals surface area (Å²) >= 11 is 0. The number of aromatic nitrogens is 3. The van der Waals surface area contributed by atoms with Crippen molar-refractivity contribution in [3.05, 3.63) is 30.1 Å². The number of ether oxygens (including phenoxy) is 1. The van der Waals surface area contributed by atoms with Crippen molar-refractivity contribution in [2.75, 3.05) is 12.8 Å². The number of methoxy groups -OCH3 is 1.